The Labute approximate surface area is 130 Å². The summed E-state index contributed by atoms with van der Waals surface area (Å²) in [7, 11) is 1.72. The van der Waals surface area contributed by atoms with Gasteiger partial charge in [0.05, 0.1) is 23.5 Å². The van der Waals surface area contributed by atoms with Crippen molar-refractivity contribution in [2.24, 2.45) is 0 Å². The van der Waals surface area contributed by atoms with Crippen molar-refractivity contribution in [1.82, 2.24) is 4.90 Å². The van der Waals surface area contributed by atoms with Crippen LogP contribution in [0.3, 0.4) is 0 Å². The first-order chi connectivity index (χ1) is 9.92. The van der Waals surface area contributed by atoms with Gasteiger partial charge in [-0.05, 0) is 44.5 Å². The number of likely N-dealkylation sites (tertiary alicyclic amines) is 1. The molecule has 1 aliphatic heterocycles. The quantitative estimate of drug-likeness (QED) is 0.838. The lowest BCUT2D eigenvalue weighted by Crippen LogP contribution is -2.49. The van der Waals surface area contributed by atoms with Gasteiger partial charge in [-0.2, -0.15) is 0 Å². The van der Waals surface area contributed by atoms with E-state index in [1.165, 1.54) is 0 Å². The Morgan fingerprint density at radius 2 is 2.33 bits per heavy atom. The summed E-state index contributed by atoms with van der Waals surface area (Å²) in [6, 6.07) is 5.03. The van der Waals surface area contributed by atoms with Crippen LogP contribution in [0.2, 0.25) is 5.02 Å². The molecule has 1 atom stereocenters. The number of piperidine rings is 1. The second kappa shape index (κ2) is 6.64. The van der Waals surface area contributed by atoms with Gasteiger partial charge in [-0.15, -0.1) is 0 Å². The number of carbonyl (C=O) groups excluding carboxylic acids is 1. The summed E-state index contributed by atoms with van der Waals surface area (Å²) in [6.07, 6.45) is 2.04. The predicted octanol–water partition coefficient (Wildman–Crippen LogP) is 2.36. The van der Waals surface area contributed by atoms with E-state index in [-0.39, 0.29) is 11.5 Å². The molecule has 116 valence electrons. The van der Waals surface area contributed by atoms with Crippen LogP contribution in [0.5, 0.6) is 0 Å². The zero-order valence-electron chi connectivity index (χ0n) is 12.5. The molecule has 21 heavy (non-hydrogen) atoms. The number of benzene rings is 1. The molecule has 2 rings (SSSR count). The molecule has 1 aliphatic rings. The number of nitrogens with zero attached hydrogens (tertiary/aromatic N) is 1. The molecule has 5 nitrogen and oxygen atoms in total. The average Bonchev–Trinajstić information content (AvgIpc) is 2.43. The maximum absolute atomic E-state index is 12.2. The number of hydrogen-bond donors (Lipinski definition) is 2. The number of amides is 1. The zero-order valence-corrected chi connectivity index (χ0v) is 13.2. The number of anilines is 2. The highest BCUT2D eigenvalue weighted by molar-refractivity contribution is 6.31. The largest absolute Gasteiger partial charge is 0.397 e. The lowest BCUT2D eigenvalue weighted by atomic mass is 9.95. The maximum Gasteiger partial charge on any atom is 0.238 e. The molecule has 1 unspecified atom stereocenters. The van der Waals surface area contributed by atoms with Gasteiger partial charge in [-0.25, -0.2) is 0 Å². The third kappa shape index (κ3) is 4.33. The van der Waals surface area contributed by atoms with Crippen molar-refractivity contribution in [3.63, 3.8) is 0 Å². The molecule has 0 aromatic heterocycles. The number of methoxy groups -OCH3 is 1. The molecule has 1 saturated heterocycles. The van der Waals surface area contributed by atoms with Crippen LogP contribution >= 0.6 is 11.6 Å². The Hall–Kier alpha value is -1.30. The Morgan fingerprint density at radius 3 is 3.05 bits per heavy atom. The Kier molecular flexibility index (Phi) is 5.08. The van der Waals surface area contributed by atoms with Gasteiger partial charge in [0.1, 0.15) is 0 Å². The second-order valence-electron chi connectivity index (χ2n) is 5.75. The lowest BCUT2D eigenvalue weighted by Gasteiger charge is -2.39. The first kappa shape index (κ1) is 16.1. The second-order valence-corrected chi connectivity index (χ2v) is 6.18. The van der Waals surface area contributed by atoms with Crippen LogP contribution in [0.1, 0.15) is 19.8 Å². The predicted molar refractivity (Wildman–Crippen MR) is 85.6 cm³/mol. The summed E-state index contributed by atoms with van der Waals surface area (Å²) < 4.78 is 5.53. The molecule has 0 spiro atoms. The number of hydrogen-bond acceptors (Lipinski definition) is 4. The number of nitrogens with one attached hydrogen (secondary N) is 1. The number of halogens is 1. The molecule has 0 saturated carbocycles. The van der Waals surface area contributed by atoms with E-state index < -0.39 is 0 Å². The van der Waals surface area contributed by atoms with E-state index in [1.807, 2.05) is 0 Å². The van der Waals surface area contributed by atoms with Crippen LogP contribution in [-0.2, 0) is 9.53 Å². The van der Waals surface area contributed by atoms with Crippen molar-refractivity contribution in [1.29, 1.82) is 0 Å². The Bertz CT molecular complexity index is 524. The van der Waals surface area contributed by atoms with Crippen LogP contribution in [0, 0.1) is 0 Å². The van der Waals surface area contributed by atoms with E-state index in [1.54, 1.807) is 25.3 Å². The number of nitrogens with two attached hydrogens (primary N) is 1. The summed E-state index contributed by atoms with van der Waals surface area (Å²) in [6.45, 7) is 4.05. The first-order valence-corrected chi connectivity index (χ1v) is 7.42. The molecule has 1 fully saturated rings. The number of rotatable bonds is 4. The minimum atomic E-state index is -0.173. The molecule has 0 radical (unpaired) electrons. The average molecular weight is 312 g/mol. The number of carbonyl (C=O) groups is 1. The Balaban J connectivity index is 1.94. The summed E-state index contributed by atoms with van der Waals surface area (Å²) in [5.74, 6) is -0.0932. The fourth-order valence-electron chi connectivity index (χ4n) is 2.64. The summed E-state index contributed by atoms with van der Waals surface area (Å²) in [5, 5.41) is 3.36. The van der Waals surface area contributed by atoms with Crippen molar-refractivity contribution >= 4 is 28.9 Å². The van der Waals surface area contributed by atoms with E-state index in [4.69, 9.17) is 22.1 Å². The third-order valence-electron chi connectivity index (χ3n) is 3.89. The Morgan fingerprint density at radius 1 is 1.57 bits per heavy atom. The molecule has 0 bridgehead atoms. The molecule has 0 aliphatic carbocycles. The van der Waals surface area contributed by atoms with Crippen LogP contribution < -0.4 is 11.1 Å². The minimum Gasteiger partial charge on any atom is -0.397 e. The molecular formula is C15H22ClN3O2. The van der Waals surface area contributed by atoms with Gasteiger partial charge in [0.15, 0.2) is 0 Å². The minimum absolute atomic E-state index is 0.0932. The molecule has 3 N–H and O–H groups in total. The van der Waals surface area contributed by atoms with Gasteiger partial charge >= 0.3 is 0 Å². The lowest BCUT2D eigenvalue weighted by molar-refractivity contribution is -0.119. The zero-order chi connectivity index (χ0) is 15.5. The topological polar surface area (TPSA) is 67.6 Å². The van der Waals surface area contributed by atoms with E-state index in [9.17, 15) is 4.79 Å². The molecule has 1 aromatic carbocycles. The van der Waals surface area contributed by atoms with Crippen LogP contribution in [-0.4, -0.2) is 43.2 Å². The van der Waals surface area contributed by atoms with Gasteiger partial charge in [0.25, 0.3) is 0 Å². The third-order valence-corrected chi connectivity index (χ3v) is 4.12. The first-order valence-electron chi connectivity index (χ1n) is 7.04. The SMILES string of the molecule is COC1(C)CCCN(CC(=O)Nc2cc(Cl)ccc2N)C1. The summed E-state index contributed by atoms with van der Waals surface area (Å²) in [4.78, 5) is 14.3. The van der Waals surface area contributed by atoms with E-state index in [2.05, 4.69) is 17.1 Å². The highest BCUT2D eigenvalue weighted by Gasteiger charge is 2.31. The van der Waals surface area contributed by atoms with Crippen LogP contribution in [0.25, 0.3) is 0 Å². The van der Waals surface area contributed by atoms with Crippen molar-refractivity contribution in [2.75, 3.05) is 37.8 Å². The fraction of sp³-hybridized carbons (Fsp3) is 0.533. The van der Waals surface area contributed by atoms with Gasteiger partial charge in [0, 0.05) is 18.7 Å². The number of ether oxygens (including phenoxy) is 1. The van der Waals surface area contributed by atoms with Crippen LogP contribution in [0.15, 0.2) is 18.2 Å². The van der Waals surface area contributed by atoms with Crippen molar-refractivity contribution in [2.45, 2.75) is 25.4 Å². The smallest absolute Gasteiger partial charge is 0.238 e. The monoisotopic (exact) mass is 311 g/mol. The molecule has 1 amide bonds. The van der Waals surface area contributed by atoms with Gasteiger partial charge in [0.2, 0.25) is 5.91 Å². The van der Waals surface area contributed by atoms with E-state index in [0.29, 0.717) is 22.9 Å². The molecular weight excluding hydrogens is 290 g/mol. The van der Waals surface area contributed by atoms with Gasteiger partial charge in [-0.3, -0.25) is 9.69 Å². The van der Waals surface area contributed by atoms with Crippen molar-refractivity contribution < 1.29 is 9.53 Å². The van der Waals surface area contributed by atoms with Crippen molar-refractivity contribution in [3.8, 4) is 0 Å². The maximum atomic E-state index is 12.2. The molecule has 6 heteroatoms. The van der Waals surface area contributed by atoms with Gasteiger partial charge in [-0.1, -0.05) is 11.6 Å². The molecule has 1 heterocycles. The van der Waals surface area contributed by atoms with E-state index in [0.717, 1.165) is 25.9 Å². The summed E-state index contributed by atoms with van der Waals surface area (Å²) >= 11 is 5.91. The van der Waals surface area contributed by atoms with E-state index >= 15 is 0 Å². The van der Waals surface area contributed by atoms with Crippen LogP contribution in [0.4, 0.5) is 11.4 Å². The van der Waals surface area contributed by atoms with Crippen molar-refractivity contribution in [3.05, 3.63) is 23.2 Å². The highest BCUT2D eigenvalue weighted by Crippen LogP contribution is 2.25. The highest BCUT2D eigenvalue weighted by atomic mass is 35.5. The summed E-state index contributed by atoms with van der Waals surface area (Å²) in [5.41, 5.74) is 6.72. The standard InChI is InChI=1S/C15H22ClN3O2/c1-15(21-2)6-3-7-19(10-15)9-14(20)18-13-8-11(16)4-5-12(13)17/h4-5,8H,3,6-7,9-10,17H2,1-2H3,(H,18,20). The van der Waals surface area contributed by atoms with Gasteiger partial charge < -0.3 is 15.8 Å². The molecule has 1 aromatic rings. The fourth-order valence-corrected chi connectivity index (χ4v) is 2.81. The normalized spacial score (nSPS) is 23.0. The number of nitrogen functional groups attached to an aromatic ring is 1.